The zero-order chi connectivity index (χ0) is 13.1. The van der Waals surface area contributed by atoms with E-state index in [1.165, 1.54) is 0 Å². The molecular weight excluding hydrogens is 236 g/mol. The van der Waals surface area contributed by atoms with Crippen molar-refractivity contribution in [1.82, 2.24) is 9.97 Å². The first kappa shape index (κ1) is 11.2. The second-order valence-corrected chi connectivity index (χ2v) is 4.01. The van der Waals surface area contributed by atoms with Crippen molar-refractivity contribution >= 4 is 22.3 Å². The Labute approximate surface area is 110 Å². The summed E-state index contributed by atoms with van der Waals surface area (Å²) in [6, 6.07) is 15.4. The van der Waals surface area contributed by atoms with E-state index in [0.717, 1.165) is 16.6 Å². The van der Waals surface area contributed by atoms with E-state index >= 15 is 0 Å². The molecule has 0 fully saturated rings. The number of pyridine rings is 2. The summed E-state index contributed by atoms with van der Waals surface area (Å²) in [4.78, 5) is 8.34. The molecule has 1 aromatic carbocycles. The number of nitrogens with zero attached hydrogens (tertiary/aromatic N) is 3. The van der Waals surface area contributed by atoms with Crippen LogP contribution in [0.1, 0.15) is 5.69 Å². The van der Waals surface area contributed by atoms with Gasteiger partial charge in [-0.05, 0) is 36.4 Å². The highest BCUT2D eigenvalue weighted by molar-refractivity contribution is 5.93. The van der Waals surface area contributed by atoms with Crippen LogP contribution in [0.25, 0.3) is 10.9 Å². The average Bonchev–Trinajstić information content (AvgIpc) is 2.48. The molecule has 2 heterocycles. The van der Waals surface area contributed by atoms with Crippen molar-refractivity contribution in [3.8, 4) is 6.07 Å². The normalized spacial score (nSPS) is 10.1. The Kier molecular flexibility index (Phi) is 2.79. The van der Waals surface area contributed by atoms with Gasteiger partial charge in [-0.3, -0.25) is 4.98 Å². The van der Waals surface area contributed by atoms with Crippen LogP contribution in [-0.2, 0) is 0 Å². The number of hydrogen-bond donors (Lipinski definition) is 1. The van der Waals surface area contributed by atoms with Crippen LogP contribution in [0.3, 0.4) is 0 Å². The summed E-state index contributed by atoms with van der Waals surface area (Å²) in [5.41, 5.74) is 2.90. The molecule has 3 aromatic rings. The van der Waals surface area contributed by atoms with Crippen molar-refractivity contribution in [2.24, 2.45) is 0 Å². The van der Waals surface area contributed by atoms with Crippen molar-refractivity contribution in [1.29, 1.82) is 5.26 Å². The smallest absolute Gasteiger partial charge is 0.163 e. The maximum absolute atomic E-state index is 9.04. The van der Waals surface area contributed by atoms with Gasteiger partial charge in [0, 0.05) is 23.5 Å². The fourth-order valence-corrected chi connectivity index (χ4v) is 1.95. The number of nitrogens with one attached hydrogen (secondary N) is 1. The Morgan fingerprint density at radius 2 is 1.68 bits per heavy atom. The SMILES string of the molecule is N#Cc1ncccc1Nc1cccc2ncccc12. The highest BCUT2D eigenvalue weighted by Gasteiger charge is 2.05. The lowest BCUT2D eigenvalue weighted by molar-refractivity contribution is 1.26. The highest BCUT2D eigenvalue weighted by Crippen LogP contribution is 2.25. The molecule has 1 N–H and O–H groups in total. The minimum atomic E-state index is 0.378. The van der Waals surface area contributed by atoms with Gasteiger partial charge in [-0.1, -0.05) is 6.07 Å². The maximum atomic E-state index is 9.04. The molecule has 0 saturated carbocycles. The van der Waals surface area contributed by atoms with Gasteiger partial charge in [-0.15, -0.1) is 0 Å². The summed E-state index contributed by atoms with van der Waals surface area (Å²) < 4.78 is 0. The maximum Gasteiger partial charge on any atom is 0.163 e. The van der Waals surface area contributed by atoms with E-state index in [9.17, 15) is 0 Å². The lowest BCUT2D eigenvalue weighted by Gasteiger charge is -2.09. The van der Waals surface area contributed by atoms with Gasteiger partial charge in [0.15, 0.2) is 5.69 Å². The molecule has 0 aliphatic heterocycles. The fraction of sp³-hybridized carbons (Fsp3) is 0. The summed E-state index contributed by atoms with van der Waals surface area (Å²) in [7, 11) is 0. The lowest BCUT2D eigenvalue weighted by atomic mass is 10.1. The molecule has 0 bridgehead atoms. The molecule has 0 aliphatic carbocycles. The number of fused-ring (bicyclic) bond motifs is 1. The van der Waals surface area contributed by atoms with Crippen LogP contribution in [0, 0.1) is 11.3 Å². The fourth-order valence-electron chi connectivity index (χ4n) is 1.95. The molecular formula is C15H10N4. The van der Waals surface area contributed by atoms with Gasteiger partial charge in [-0.25, -0.2) is 4.98 Å². The van der Waals surface area contributed by atoms with Crippen molar-refractivity contribution in [2.75, 3.05) is 5.32 Å². The summed E-state index contributed by atoms with van der Waals surface area (Å²) in [5, 5.41) is 13.3. The standard InChI is InChI=1S/C15H10N4/c16-10-15-14(7-3-9-18-15)19-13-6-1-5-12-11(13)4-2-8-17-12/h1-9,19H. The monoisotopic (exact) mass is 246 g/mol. The van der Waals surface area contributed by atoms with E-state index in [4.69, 9.17) is 5.26 Å². The molecule has 0 spiro atoms. The molecule has 0 atom stereocenters. The van der Waals surface area contributed by atoms with Gasteiger partial charge in [0.25, 0.3) is 0 Å². The zero-order valence-electron chi connectivity index (χ0n) is 10.0. The number of hydrogen-bond acceptors (Lipinski definition) is 4. The summed E-state index contributed by atoms with van der Waals surface area (Å²) >= 11 is 0. The van der Waals surface area contributed by atoms with Gasteiger partial charge >= 0.3 is 0 Å². The van der Waals surface area contributed by atoms with Crippen molar-refractivity contribution in [3.63, 3.8) is 0 Å². The predicted octanol–water partition coefficient (Wildman–Crippen LogP) is 3.25. The predicted molar refractivity (Wildman–Crippen MR) is 74.0 cm³/mol. The van der Waals surface area contributed by atoms with Gasteiger partial charge in [0.2, 0.25) is 0 Å². The van der Waals surface area contributed by atoms with Crippen LogP contribution in [0.5, 0.6) is 0 Å². The summed E-state index contributed by atoms with van der Waals surface area (Å²) in [5.74, 6) is 0. The second kappa shape index (κ2) is 4.75. The van der Waals surface area contributed by atoms with Crippen LogP contribution in [0.2, 0.25) is 0 Å². The molecule has 3 rings (SSSR count). The Hall–Kier alpha value is -2.93. The van der Waals surface area contributed by atoms with Gasteiger partial charge < -0.3 is 5.32 Å². The molecule has 0 unspecified atom stereocenters. The second-order valence-electron chi connectivity index (χ2n) is 4.01. The van der Waals surface area contributed by atoms with E-state index in [2.05, 4.69) is 21.4 Å². The first-order chi connectivity index (χ1) is 9.38. The third kappa shape index (κ3) is 2.09. The third-order valence-electron chi connectivity index (χ3n) is 2.83. The van der Waals surface area contributed by atoms with Crippen LogP contribution in [0.15, 0.2) is 54.9 Å². The Bertz CT molecular complexity index is 769. The number of aromatic nitrogens is 2. The van der Waals surface area contributed by atoms with E-state index in [1.807, 2.05) is 36.4 Å². The Morgan fingerprint density at radius 1 is 0.895 bits per heavy atom. The number of rotatable bonds is 2. The van der Waals surface area contributed by atoms with Crippen molar-refractivity contribution < 1.29 is 0 Å². The molecule has 0 amide bonds. The lowest BCUT2D eigenvalue weighted by Crippen LogP contribution is -1.96. The molecule has 0 saturated heterocycles. The Morgan fingerprint density at radius 3 is 2.58 bits per heavy atom. The van der Waals surface area contributed by atoms with Gasteiger partial charge in [0.1, 0.15) is 6.07 Å². The quantitative estimate of drug-likeness (QED) is 0.754. The third-order valence-corrected chi connectivity index (χ3v) is 2.83. The summed E-state index contributed by atoms with van der Waals surface area (Å²) in [6.45, 7) is 0. The van der Waals surface area contributed by atoms with E-state index in [-0.39, 0.29) is 0 Å². The molecule has 19 heavy (non-hydrogen) atoms. The van der Waals surface area contributed by atoms with Crippen molar-refractivity contribution in [3.05, 3.63) is 60.6 Å². The average molecular weight is 246 g/mol. The van der Waals surface area contributed by atoms with Crippen molar-refractivity contribution in [2.45, 2.75) is 0 Å². The zero-order valence-corrected chi connectivity index (χ0v) is 10.0. The van der Waals surface area contributed by atoms with Crippen LogP contribution in [-0.4, -0.2) is 9.97 Å². The topological polar surface area (TPSA) is 61.6 Å². The number of benzene rings is 1. The molecule has 90 valence electrons. The van der Waals surface area contributed by atoms with Gasteiger partial charge in [0.05, 0.1) is 11.2 Å². The number of nitriles is 1. The molecule has 4 heteroatoms. The van der Waals surface area contributed by atoms with Crippen LogP contribution in [0.4, 0.5) is 11.4 Å². The molecule has 4 nitrogen and oxygen atoms in total. The van der Waals surface area contributed by atoms with E-state index < -0.39 is 0 Å². The largest absolute Gasteiger partial charge is 0.353 e. The minimum absolute atomic E-state index is 0.378. The molecule has 2 aromatic heterocycles. The van der Waals surface area contributed by atoms with Crippen LogP contribution >= 0.6 is 0 Å². The summed E-state index contributed by atoms with van der Waals surface area (Å²) in [6.07, 6.45) is 3.37. The number of anilines is 2. The van der Waals surface area contributed by atoms with E-state index in [1.54, 1.807) is 18.5 Å². The minimum Gasteiger partial charge on any atom is -0.353 e. The first-order valence-electron chi connectivity index (χ1n) is 5.84. The Balaban J connectivity index is 2.09. The van der Waals surface area contributed by atoms with Gasteiger partial charge in [-0.2, -0.15) is 5.26 Å². The molecule has 0 radical (unpaired) electrons. The molecule has 0 aliphatic rings. The highest BCUT2D eigenvalue weighted by atomic mass is 14.9. The van der Waals surface area contributed by atoms with Crippen LogP contribution < -0.4 is 5.32 Å². The first-order valence-corrected chi connectivity index (χ1v) is 5.84. The van der Waals surface area contributed by atoms with E-state index in [0.29, 0.717) is 11.4 Å².